The molecule has 3 amide bonds. The number of rotatable bonds is 8. The molecule has 0 unspecified atom stereocenters. The number of hydrogen-bond acceptors (Lipinski definition) is 5. The van der Waals surface area contributed by atoms with Crippen molar-refractivity contribution in [3.63, 3.8) is 0 Å². The second kappa shape index (κ2) is 10.8. The molecule has 29 heavy (non-hydrogen) atoms. The Morgan fingerprint density at radius 2 is 1.79 bits per heavy atom. The summed E-state index contributed by atoms with van der Waals surface area (Å²) in [5, 5.41) is 6.70. The lowest BCUT2D eigenvalue weighted by Crippen LogP contribution is -2.86. The summed E-state index contributed by atoms with van der Waals surface area (Å²) in [6.07, 6.45) is 0. The number of methoxy groups -OCH3 is 2. The lowest BCUT2D eigenvalue weighted by molar-refractivity contribution is -0.698. The number of esters is 1. The van der Waals surface area contributed by atoms with Crippen LogP contribution in [0.25, 0.3) is 0 Å². The molecule has 0 aliphatic heterocycles. The molecule has 0 fully saturated rings. The van der Waals surface area contributed by atoms with Gasteiger partial charge in [0, 0.05) is 17.7 Å². The highest BCUT2D eigenvalue weighted by Gasteiger charge is 2.26. The van der Waals surface area contributed by atoms with Crippen molar-refractivity contribution in [2.24, 2.45) is 0 Å². The Morgan fingerprint density at radius 3 is 2.41 bits per heavy atom. The Balaban J connectivity index is 2.20. The van der Waals surface area contributed by atoms with Crippen molar-refractivity contribution < 1.29 is 29.2 Å². The van der Waals surface area contributed by atoms with Crippen LogP contribution in [0.15, 0.2) is 48.5 Å². The van der Waals surface area contributed by atoms with E-state index in [0.717, 1.165) is 11.1 Å². The molecule has 0 saturated heterocycles. The topological polar surface area (TPSA) is 110 Å². The van der Waals surface area contributed by atoms with Gasteiger partial charge in [-0.2, -0.15) is 0 Å². The molecule has 0 bridgehead atoms. The zero-order valence-electron chi connectivity index (χ0n) is 16.7. The number of carbonyl (C=O) groups is 3. The molecule has 2 rings (SSSR count). The molecule has 0 aliphatic carbocycles. The van der Waals surface area contributed by atoms with Crippen LogP contribution in [0.1, 0.15) is 34.5 Å². The molecule has 0 spiro atoms. The summed E-state index contributed by atoms with van der Waals surface area (Å²) in [7, 11) is 2.78. The highest BCUT2D eigenvalue weighted by molar-refractivity contribution is 5.96. The molecule has 0 radical (unpaired) electrons. The molecule has 154 valence electrons. The van der Waals surface area contributed by atoms with Gasteiger partial charge in [-0.1, -0.05) is 30.3 Å². The van der Waals surface area contributed by atoms with Crippen molar-refractivity contribution in [1.82, 2.24) is 10.6 Å². The van der Waals surface area contributed by atoms with E-state index < -0.39 is 23.9 Å². The molecular formula is C21H26N3O5+. The zero-order valence-corrected chi connectivity index (χ0v) is 16.7. The maximum atomic E-state index is 12.7. The first kappa shape index (κ1) is 21.9. The minimum Gasteiger partial charge on any atom is -0.496 e. The summed E-state index contributed by atoms with van der Waals surface area (Å²) in [5.74, 6) is -0.518. The first-order valence-electron chi connectivity index (χ1n) is 9.22. The molecule has 0 saturated carbocycles. The quantitative estimate of drug-likeness (QED) is 0.576. The van der Waals surface area contributed by atoms with Crippen LogP contribution < -0.4 is 20.7 Å². The van der Waals surface area contributed by atoms with Gasteiger partial charge >= 0.3 is 12.0 Å². The molecule has 8 nitrogen and oxygen atoms in total. The summed E-state index contributed by atoms with van der Waals surface area (Å²) in [6.45, 7) is 2.59. The van der Waals surface area contributed by atoms with Gasteiger partial charge in [0.05, 0.1) is 14.2 Å². The SMILES string of the molecule is CCNC(=O)NC(=O)[C@@H]([NH2+]Cc1ccc(OC)c(C(=O)OC)c1)c1ccccc1. The Hall–Kier alpha value is -3.39. The van der Waals surface area contributed by atoms with Crippen LogP contribution in [-0.4, -0.2) is 38.7 Å². The highest BCUT2D eigenvalue weighted by Crippen LogP contribution is 2.20. The maximum absolute atomic E-state index is 12.7. The number of nitrogens with one attached hydrogen (secondary N) is 2. The molecule has 2 aromatic rings. The second-order valence-corrected chi connectivity index (χ2v) is 6.20. The summed E-state index contributed by atoms with van der Waals surface area (Å²) >= 11 is 0. The number of quaternary nitrogens is 1. The van der Waals surface area contributed by atoms with E-state index in [1.54, 1.807) is 24.4 Å². The van der Waals surface area contributed by atoms with E-state index in [0.29, 0.717) is 24.4 Å². The summed E-state index contributed by atoms with van der Waals surface area (Å²) < 4.78 is 10.00. The van der Waals surface area contributed by atoms with E-state index in [4.69, 9.17) is 9.47 Å². The van der Waals surface area contributed by atoms with Crippen LogP contribution in [-0.2, 0) is 16.1 Å². The van der Waals surface area contributed by atoms with E-state index >= 15 is 0 Å². The van der Waals surface area contributed by atoms with Gasteiger partial charge < -0.3 is 20.1 Å². The number of ether oxygens (including phenoxy) is 2. The first-order valence-corrected chi connectivity index (χ1v) is 9.22. The van der Waals surface area contributed by atoms with Gasteiger partial charge in [-0.05, 0) is 25.1 Å². The van der Waals surface area contributed by atoms with Crippen LogP contribution in [0, 0.1) is 0 Å². The van der Waals surface area contributed by atoms with Gasteiger partial charge in [-0.15, -0.1) is 0 Å². The van der Waals surface area contributed by atoms with Crippen molar-refractivity contribution in [2.45, 2.75) is 19.5 Å². The van der Waals surface area contributed by atoms with Gasteiger partial charge in [0.2, 0.25) is 0 Å². The summed E-state index contributed by atoms with van der Waals surface area (Å²) in [6, 6.07) is 13.2. The van der Waals surface area contributed by atoms with E-state index in [9.17, 15) is 14.4 Å². The predicted octanol–water partition coefficient (Wildman–Crippen LogP) is 1.13. The normalized spacial score (nSPS) is 11.3. The van der Waals surface area contributed by atoms with Crippen LogP contribution >= 0.6 is 0 Å². The van der Waals surface area contributed by atoms with E-state index in [2.05, 4.69) is 10.6 Å². The summed E-state index contributed by atoms with van der Waals surface area (Å²) in [4.78, 5) is 36.4. The number of benzene rings is 2. The van der Waals surface area contributed by atoms with Crippen molar-refractivity contribution in [1.29, 1.82) is 0 Å². The number of imide groups is 1. The van der Waals surface area contributed by atoms with Crippen molar-refractivity contribution >= 4 is 17.9 Å². The minimum absolute atomic E-state index is 0.309. The molecule has 0 heterocycles. The zero-order chi connectivity index (χ0) is 21.2. The van der Waals surface area contributed by atoms with Gasteiger partial charge in [-0.3, -0.25) is 10.1 Å². The fourth-order valence-electron chi connectivity index (χ4n) is 2.85. The summed E-state index contributed by atoms with van der Waals surface area (Å²) in [5.41, 5.74) is 1.87. The fourth-order valence-corrected chi connectivity index (χ4v) is 2.85. The largest absolute Gasteiger partial charge is 0.496 e. The lowest BCUT2D eigenvalue weighted by atomic mass is 10.0. The van der Waals surface area contributed by atoms with E-state index in [1.165, 1.54) is 14.2 Å². The monoisotopic (exact) mass is 400 g/mol. The smallest absolute Gasteiger partial charge is 0.341 e. The first-order chi connectivity index (χ1) is 14.0. The third kappa shape index (κ3) is 6.05. The van der Waals surface area contributed by atoms with Gasteiger partial charge in [0.25, 0.3) is 5.91 Å². The predicted molar refractivity (Wildman–Crippen MR) is 106 cm³/mol. The number of amides is 3. The average molecular weight is 400 g/mol. The Morgan fingerprint density at radius 1 is 1.07 bits per heavy atom. The maximum Gasteiger partial charge on any atom is 0.341 e. The molecule has 4 N–H and O–H groups in total. The standard InChI is InChI=1S/C21H25N3O5/c1-4-22-21(27)24-19(25)18(15-8-6-5-7-9-15)23-13-14-10-11-17(28-2)16(12-14)20(26)29-3/h5-12,18,23H,4,13H2,1-3H3,(H2,22,24,25,27)/p+1/t18-/m0/s1. The molecule has 8 heteroatoms. The molecule has 0 aromatic heterocycles. The van der Waals surface area contributed by atoms with Crippen LogP contribution in [0.5, 0.6) is 5.75 Å². The number of hydrogen-bond donors (Lipinski definition) is 3. The second-order valence-electron chi connectivity index (χ2n) is 6.20. The number of carbonyl (C=O) groups excluding carboxylic acids is 3. The molecule has 0 aliphatic rings. The third-order valence-electron chi connectivity index (χ3n) is 4.27. The average Bonchev–Trinajstić information content (AvgIpc) is 2.74. The van der Waals surface area contributed by atoms with E-state index in [1.807, 2.05) is 36.4 Å². The third-order valence-corrected chi connectivity index (χ3v) is 4.27. The molecule has 2 aromatic carbocycles. The minimum atomic E-state index is -0.637. The Bertz CT molecular complexity index is 855. The van der Waals surface area contributed by atoms with Crippen molar-refractivity contribution in [3.8, 4) is 5.75 Å². The van der Waals surface area contributed by atoms with Crippen molar-refractivity contribution in [3.05, 3.63) is 65.2 Å². The highest BCUT2D eigenvalue weighted by atomic mass is 16.5. The number of nitrogens with two attached hydrogens (primary N) is 1. The fraction of sp³-hybridized carbons (Fsp3) is 0.286. The van der Waals surface area contributed by atoms with Gasteiger partial charge in [-0.25, -0.2) is 9.59 Å². The van der Waals surface area contributed by atoms with E-state index in [-0.39, 0.29) is 0 Å². The van der Waals surface area contributed by atoms with Gasteiger partial charge in [0.1, 0.15) is 17.9 Å². The van der Waals surface area contributed by atoms with Crippen LogP contribution in [0.2, 0.25) is 0 Å². The van der Waals surface area contributed by atoms with Crippen LogP contribution in [0.4, 0.5) is 4.79 Å². The van der Waals surface area contributed by atoms with Gasteiger partial charge in [0.15, 0.2) is 6.04 Å². The lowest BCUT2D eigenvalue weighted by Gasteiger charge is -2.16. The van der Waals surface area contributed by atoms with Crippen LogP contribution in [0.3, 0.4) is 0 Å². The molecular weight excluding hydrogens is 374 g/mol. The Labute approximate surface area is 169 Å². The molecule has 1 atom stereocenters. The van der Waals surface area contributed by atoms with Crippen molar-refractivity contribution in [2.75, 3.05) is 20.8 Å². The number of urea groups is 1. The Kier molecular flexibility index (Phi) is 8.17.